The fraction of sp³-hybridized carbons (Fsp3) is 0.250. The molecule has 0 aliphatic heterocycles. The average molecular weight is 484 g/mol. The summed E-state index contributed by atoms with van der Waals surface area (Å²) in [7, 11) is 0. The van der Waals surface area contributed by atoms with Crippen LogP contribution in [0.15, 0.2) is 40.9 Å². The summed E-state index contributed by atoms with van der Waals surface area (Å²) in [4.78, 5) is 25.5. The van der Waals surface area contributed by atoms with Gasteiger partial charge in [0.1, 0.15) is 11.6 Å². The molecular weight excluding hydrogens is 467 g/mol. The standard InChI is InChI=1S/C20H17BrClFN2O4/c1-13-9-14(21)10-15(22)20(13)29-12-19(27)28-11-18(26)25(8-4-7-24)17-6-3-2-5-16(17)23/h2-3,5-6,9-10H,4,8,11-12H2,1H3. The zero-order valence-electron chi connectivity index (χ0n) is 15.5. The summed E-state index contributed by atoms with van der Waals surface area (Å²) in [6, 6.07) is 11.0. The van der Waals surface area contributed by atoms with Crippen LogP contribution in [0.2, 0.25) is 5.02 Å². The minimum Gasteiger partial charge on any atom is -0.480 e. The zero-order valence-corrected chi connectivity index (χ0v) is 17.8. The topological polar surface area (TPSA) is 79.6 Å². The number of nitrogens with zero attached hydrogens (tertiary/aromatic N) is 2. The molecule has 2 aromatic rings. The van der Waals surface area contributed by atoms with E-state index in [4.69, 9.17) is 26.3 Å². The number of benzene rings is 2. The molecule has 0 N–H and O–H groups in total. The number of para-hydroxylation sites is 1. The maximum absolute atomic E-state index is 14.0. The van der Waals surface area contributed by atoms with Crippen molar-refractivity contribution in [3.05, 3.63) is 57.3 Å². The number of esters is 1. The molecule has 0 aliphatic carbocycles. The second-order valence-corrected chi connectivity index (χ2v) is 7.21. The third kappa shape index (κ3) is 6.44. The van der Waals surface area contributed by atoms with Gasteiger partial charge in [0.15, 0.2) is 13.2 Å². The minimum absolute atomic E-state index is 0.00151. The number of amides is 1. The van der Waals surface area contributed by atoms with Crippen molar-refractivity contribution < 1.29 is 23.5 Å². The van der Waals surface area contributed by atoms with Gasteiger partial charge in [-0.15, -0.1) is 0 Å². The molecule has 2 rings (SSSR count). The summed E-state index contributed by atoms with van der Waals surface area (Å²) in [5, 5.41) is 9.10. The van der Waals surface area contributed by atoms with Crippen LogP contribution in [0.5, 0.6) is 5.75 Å². The Morgan fingerprint density at radius 3 is 2.66 bits per heavy atom. The number of aryl methyl sites for hydroxylation is 1. The molecule has 9 heteroatoms. The maximum Gasteiger partial charge on any atom is 0.344 e. The molecule has 0 heterocycles. The van der Waals surface area contributed by atoms with E-state index in [1.54, 1.807) is 25.1 Å². The maximum atomic E-state index is 14.0. The van der Waals surface area contributed by atoms with Gasteiger partial charge in [0, 0.05) is 11.0 Å². The Morgan fingerprint density at radius 1 is 1.28 bits per heavy atom. The normalized spacial score (nSPS) is 10.2. The Bertz CT molecular complexity index is 925. The van der Waals surface area contributed by atoms with Crippen LogP contribution in [-0.2, 0) is 14.3 Å². The second-order valence-electron chi connectivity index (χ2n) is 5.89. The van der Waals surface area contributed by atoms with Crippen molar-refractivity contribution in [2.45, 2.75) is 13.3 Å². The molecule has 0 radical (unpaired) electrons. The van der Waals surface area contributed by atoms with Crippen molar-refractivity contribution in [2.75, 3.05) is 24.7 Å². The first kappa shape index (κ1) is 22.7. The van der Waals surface area contributed by atoms with E-state index in [1.807, 2.05) is 6.07 Å². The fourth-order valence-electron chi connectivity index (χ4n) is 2.48. The molecule has 0 saturated carbocycles. The van der Waals surface area contributed by atoms with Crippen molar-refractivity contribution in [3.8, 4) is 11.8 Å². The average Bonchev–Trinajstić information content (AvgIpc) is 2.67. The molecule has 29 heavy (non-hydrogen) atoms. The molecule has 0 fully saturated rings. The molecule has 0 spiro atoms. The first-order chi connectivity index (χ1) is 13.8. The summed E-state index contributed by atoms with van der Waals surface area (Å²) < 4.78 is 25.1. The van der Waals surface area contributed by atoms with E-state index in [9.17, 15) is 14.0 Å². The van der Waals surface area contributed by atoms with Gasteiger partial charge in [-0.2, -0.15) is 5.26 Å². The lowest BCUT2D eigenvalue weighted by Crippen LogP contribution is -2.36. The monoisotopic (exact) mass is 482 g/mol. The van der Waals surface area contributed by atoms with Gasteiger partial charge < -0.3 is 14.4 Å². The predicted octanol–water partition coefficient (Wildman–Crippen LogP) is 4.42. The smallest absolute Gasteiger partial charge is 0.344 e. The van der Waals surface area contributed by atoms with E-state index < -0.39 is 30.9 Å². The van der Waals surface area contributed by atoms with Crippen LogP contribution < -0.4 is 9.64 Å². The molecule has 0 bridgehead atoms. The van der Waals surface area contributed by atoms with Crippen molar-refractivity contribution in [2.24, 2.45) is 0 Å². The molecule has 0 atom stereocenters. The highest BCUT2D eigenvalue weighted by Crippen LogP contribution is 2.31. The number of anilines is 1. The molecule has 1 amide bonds. The Morgan fingerprint density at radius 2 is 2.00 bits per heavy atom. The van der Waals surface area contributed by atoms with E-state index in [0.29, 0.717) is 10.8 Å². The minimum atomic E-state index is -0.787. The van der Waals surface area contributed by atoms with Crippen LogP contribution >= 0.6 is 27.5 Å². The zero-order chi connectivity index (χ0) is 21.4. The van der Waals surface area contributed by atoms with Gasteiger partial charge in [0.05, 0.1) is 23.2 Å². The van der Waals surface area contributed by atoms with E-state index in [0.717, 1.165) is 14.9 Å². The van der Waals surface area contributed by atoms with Crippen molar-refractivity contribution in [3.63, 3.8) is 0 Å². The van der Waals surface area contributed by atoms with Gasteiger partial charge in [-0.3, -0.25) is 4.79 Å². The Labute approximate surface area is 180 Å². The van der Waals surface area contributed by atoms with Gasteiger partial charge in [-0.05, 0) is 36.8 Å². The number of hydrogen-bond acceptors (Lipinski definition) is 5. The number of carbonyl (C=O) groups excluding carboxylic acids is 2. The highest BCUT2D eigenvalue weighted by molar-refractivity contribution is 9.10. The van der Waals surface area contributed by atoms with Crippen LogP contribution in [-0.4, -0.2) is 31.6 Å². The molecule has 0 aromatic heterocycles. The Kier molecular flexibility index (Phi) is 8.43. The first-order valence-electron chi connectivity index (χ1n) is 8.49. The van der Waals surface area contributed by atoms with Crippen molar-refractivity contribution in [1.29, 1.82) is 5.26 Å². The molecule has 0 aliphatic rings. The van der Waals surface area contributed by atoms with Crippen LogP contribution in [0, 0.1) is 24.1 Å². The van der Waals surface area contributed by atoms with E-state index in [-0.39, 0.29) is 18.7 Å². The number of ether oxygens (including phenoxy) is 2. The van der Waals surface area contributed by atoms with E-state index >= 15 is 0 Å². The highest BCUT2D eigenvalue weighted by Gasteiger charge is 2.20. The third-order valence-electron chi connectivity index (χ3n) is 3.78. The SMILES string of the molecule is Cc1cc(Br)cc(Cl)c1OCC(=O)OCC(=O)N(CCC#N)c1ccccc1F. The largest absolute Gasteiger partial charge is 0.480 e. The Balaban J connectivity index is 1.96. The number of carbonyl (C=O) groups is 2. The lowest BCUT2D eigenvalue weighted by atomic mass is 10.2. The number of halogens is 3. The van der Waals surface area contributed by atoms with Gasteiger partial charge in [-0.25, -0.2) is 9.18 Å². The summed E-state index contributed by atoms with van der Waals surface area (Å²) in [6.45, 7) is 0.669. The molecule has 0 unspecified atom stereocenters. The Hall–Kier alpha value is -2.63. The lowest BCUT2D eigenvalue weighted by Gasteiger charge is -2.22. The highest BCUT2D eigenvalue weighted by atomic mass is 79.9. The molecular formula is C20H17BrClFN2O4. The van der Waals surface area contributed by atoms with E-state index in [2.05, 4.69) is 15.9 Å². The predicted molar refractivity (Wildman–Crippen MR) is 109 cm³/mol. The van der Waals surface area contributed by atoms with Crippen LogP contribution in [0.25, 0.3) is 0 Å². The molecule has 2 aromatic carbocycles. The van der Waals surface area contributed by atoms with Gasteiger partial charge in [0.25, 0.3) is 5.91 Å². The summed E-state index contributed by atoms with van der Waals surface area (Å²) in [6.07, 6.45) is -0.00151. The summed E-state index contributed by atoms with van der Waals surface area (Å²) in [5.74, 6) is -1.73. The fourth-order valence-corrected chi connectivity index (χ4v) is 3.50. The van der Waals surface area contributed by atoms with Crippen LogP contribution in [0.4, 0.5) is 10.1 Å². The third-order valence-corrected chi connectivity index (χ3v) is 4.52. The number of rotatable bonds is 8. The van der Waals surface area contributed by atoms with Crippen molar-refractivity contribution >= 4 is 45.1 Å². The van der Waals surface area contributed by atoms with Gasteiger partial charge >= 0.3 is 5.97 Å². The van der Waals surface area contributed by atoms with Gasteiger partial charge in [0.2, 0.25) is 0 Å². The van der Waals surface area contributed by atoms with Crippen LogP contribution in [0.1, 0.15) is 12.0 Å². The number of nitriles is 1. The lowest BCUT2D eigenvalue weighted by molar-refractivity contribution is -0.149. The van der Waals surface area contributed by atoms with Crippen molar-refractivity contribution in [1.82, 2.24) is 0 Å². The van der Waals surface area contributed by atoms with Gasteiger partial charge in [-0.1, -0.05) is 39.7 Å². The summed E-state index contributed by atoms with van der Waals surface area (Å²) in [5.41, 5.74) is 0.729. The van der Waals surface area contributed by atoms with E-state index in [1.165, 1.54) is 18.2 Å². The molecule has 152 valence electrons. The quantitative estimate of drug-likeness (QED) is 0.519. The molecule has 0 saturated heterocycles. The summed E-state index contributed by atoms with van der Waals surface area (Å²) >= 11 is 9.39. The number of hydrogen-bond donors (Lipinski definition) is 0. The first-order valence-corrected chi connectivity index (χ1v) is 9.66. The molecule has 6 nitrogen and oxygen atoms in total. The second kappa shape index (κ2) is 10.8. The van der Waals surface area contributed by atoms with Crippen LogP contribution in [0.3, 0.4) is 0 Å².